The van der Waals surface area contributed by atoms with Crippen LogP contribution in [0, 0.1) is 23.4 Å². The summed E-state index contributed by atoms with van der Waals surface area (Å²) >= 11 is 0. The number of epoxide rings is 1. The van der Waals surface area contributed by atoms with Gasteiger partial charge < -0.3 is 9.47 Å². The molecule has 0 saturated carbocycles. The number of benzene rings is 3. The van der Waals surface area contributed by atoms with Crippen LogP contribution in [0.4, 0.5) is 22.0 Å². The average molecular weight is 529 g/mol. The molecular weight excluding hydrogens is 499 g/mol. The van der Waals surface area contributed by atoms with Crippen molar-refractivity contribution >= 4 is 0 Å². The number of hydrogen-bond acceptors (Lipinski definition) is 2. The zero-order chi connectivity index (χ0) is 26.9. The van der Waals surface area contributed by atoms with Crippen LogP contribution in [0.1, 0.15) is 57.1 Å². The smallest absolute Gasteiger partial charge is 0.422 e. The first-order valence-corrected chi connectivity index (χ1v) is 13.0. The lowest BCUT2D eigenvalue weighted by molar-refractivity contribution is -0.147. The average Bonchev–Trinajstić information content (AvgIpc) is 3.76. The minimum atomic E-state index is -3.58. The summed E-state index contributed by atoms with van der Waals surface area (Å²) in [6.07, 6.45) is 2.24. The summed E-state index contributed by atoms with van der Waals surface area (Å²) in [6, 6.07) is 13.3. The molecule has 38 heavy (non-hydrogen) atoms. The fraction of sp³-hybridized carbons (Fsp3) is 0.355. The third-order valence-electron chi connectivity index (χ3n) is 7.35. The van der Waals surface area contributed by atoms with Gasteiger partial charge in [0.2, 0.25) is 0 Å². The molecular formula is C31H29F5O2. The lowest BCUT2D eigenvalue weighted by Crippen LogP contribution is -2.29. The number of unbranched alkanes of at least 4 members (excludes halogenated alkanes) is 1. The molecule has 0 amide bonds. The standard InChI is InChI=1S/C31H29F5O2/c1-2-3-4-19-5-12-23(13-6-19)31(35,36)38-27-16-11-22(17-26(27)32)20-7-9-21(10-8-20)24-14-15-25(28-18-37-28)30(34)29(24)33/h7-12,14-17,19,28H,2-6,13,18H2,1H3. The summed E-state index contributed by atoms with van der Waals surface area (Å²) in [4.78, 5) is 0. The third kappa shape index (κ3) is 5.63. The van der Waals surface area contributed by atoms with Gasteiger partial charge in [0.1, 0.15) is 6.10 Å². The van der Waals surface area contributed by atoms with E-state index in [1.54, 1.807) is 30.3 Å². The molecule has 3 aromatic rings. The van der Waals surface area contributed by atoms with E-state index in [1.165, 1.54) is 24.3 Å². The first-order valence-electron chi connectivity index (χ1n) is 13.0. The van der Waals surface area contributed by atoms with Crippen molar-refractivity contribution in [2.24, 2.45) is 5.92 Å². The Morgan fingerprint density at radius 1 is 0.921 bits per heavy atom. The maximum Gasteiger partial charge on any atom is 0.422 e. The van der Waals surface area contributed by atoms with Crippen LogP contribution in [0.25, 0.3) is 22.3 Å². The van der Waals surface area contributed by atoms with Crippen LogP contribution in [0.15, 0.2) is 66.2 Å². The summed E-state index contributed by atoms with van der Waals surface area (Å²) in [5, 5.41) is 0. The second-order valence-corrected chi connectivity index (χ2v) is 10.0. The van der Waals surface area contributed by atoms with Crippen LogP contribution in [0.5, 0.6) is 5.75 Å². The van der Waals surface area contributed by atoms with Crippen LogP contribution in [-0.2, 0) is 4.74 Å². The Balaban J connectivity index is 1.28. The Morgan fingerprint density at radius 2 is 1.63 bits per heavy atom. The third-order valence-corrected chi connectivity index (χ3v) is 7.35. The number of rotatable bonds is 9. The maximum atomic E-state index is 14.8. The monoisotopic (exact) mass is 528 g/mol. The highest BCUT2D eigenvalue weighted by Crippen LogP contribution is 2.39. The molecule has 7 heteroatoms. The molecule has 5 rings (SSSR count). The normalized spacial score (nSPS) is 19.3. The van der Waals surface area contributed by atoms with Crippen LogP contribution >= 0.6 is 0 Å². The molecule has 2 aliphatic rings. The van der Waals surface area contributed by atoms with Gasteiger partial charge in [0.05, 0.1) is 6.61 Å². The van der Waals surface area contributed by atoms with E-state index in [0.29, 0.717) is 42.1 Å². The number of allylic oxidation sites excluding steroid dienone is 1. The molecule has 2 unspecified atom stereocenters. The largest absolute Gasteiger partial charge is 0.426 e. The van der Waals surface area contributed by atoms with E-state index in [4.69, 9.17) is 9.47 Å². The van der Waals surface area contributed by atoms with Gasteiger partial charge in [-0.1, -0.05) is 74.7 Å². The first-order chi connectivity index (χ1) is 18.3. The van der Waals surface area contributed by atoms with Crippen LogP contribution in [-0.4, -0.2) is 12.7 Å². The highest BCUT2D eigenvalue weighted by molar-refractivity contribution is 5.71. The van der Waals surface area contributed by atoms with Crippen molar-refractivity contribution in [2.45, 2.75) is 57.7 Å². The number of ether oxygens (including phenoxy) is 2. The van der Waals surface area contributed by atoms with E-state index >= 15 is 0 Å². The Bertz CT molecular complexity index is 1330. The second-order valence-electron chi connectivity index (χ2n) is 10.0. The zero-order valence-electron chi connectivity index (χ0n) is 21.1. The number of halogens is 5. The van der Waals surface area contributed by atoms with Gasteiger partial charge in [-0.25, -0.2) is 13.2 Å². The van der Waals surface area contributed by atoms with Crippen molar-refractivity contribution < 1.29 is 31.4 Å². The van der Waals surface area contributed by atoms with E-state index in [9.17, 15) is 22.0 Å². The molecule has 2 nitrogen and oxygen atoms in total. The SMILES string of the molecule is CCCCC1CC=C(C(F)(F)Oc2ccc(-c3ccc(-c4ccc(C5CO5)c(F)c4F)cc3)cc2F)CC1. The van der Waals surface area contributed by atoms with Gasteiger partial charge in [-0.15, -0.1) is 0 Å². The summed E-state index contributed by atoms with van der Waals surface area (Å²) < 4.78 is 83.3. The molecule has 0 aromatic heterocycles. The van der Waals surface area contributed by atoms with Crippen molar-refractivity contribution in [3.05, 3.63) is 89.3 Å². The van der Waals surface area contributed by atoms with Crippen LogP contribution in [0.2, 0.25) is 0 Å². The lowest BCUT2D eigenvalue weighted by Gasteiger charge is -2.27. The molecule has 2 atom stereocenters. The number of hydrogen-bond donors (Lipinski definition) is 0. The van der Waals surface area contributed by atoms with Gasteiger partial charge >= 0.3 is 6.11 Å². The van der Waals surface area contributed by atoms with Gasteiger partial charge in [-0.3, -0.25) is 0 Å². The molecule has 0 bridgehead atoms. The Morgan fingerprint density at radius 3 is 2.26 bits per heavy atom. The highest BCUT2D eigenvalue weighted by atomic mass is 19.3. The van der Waals surface area contributed by atoms with Gasteiger partial charge in [-0.2, -0.15) is 8.78 Å². The Kier molecular flexibility index (Phi) is 7.57. The fourth-order valence-electron chi connectivity index (χ4n) is 4.98. The molecule has 1 aliphatic carbocycles. The van der Waals surface area contributed by atoms with Crippen molar-refractivity contribution in [2.75, 3.05) is 6.61 Å². The quantitative estimate of drug-likeness (QED) is 0.157. The van der Waals surface area contributed by atoms with Crippen molar-refractivity contribution in [3.8, 4) is 28.0 Å². The second kappa shape index (κ2) is 10.9. The molecule has 0 spiro atoms. The van der Waals surface area contributed by atoms with Crippen LogP contribution in [0.3, 0.4) is 0 Å². The Labute approximate surface area is 219 Å². The fourth-order valence-corrected chi connectivity index (χ4v) is 4.98. The number of alkyl halides is 2. The van der Waals surface area contributed by atoms with E-state index in [2.05, 4.69) is 6.92 Å². The van der Waals surface area contributed by atoms with Crippen molar-refractivity contribution in [1.29, 1.82) is 0 Å². The van der Waals surface area contributed by atoms with E-state index in [1.807, 2.05) is 0 Å². The molecule has 1 fully saturated rings. The molecule has 1 aliphatic heterocycles. The molecule has 200 valence electrons. The Hall–Kier alpha value is -3.19. The molecule has 0 radical (unpaired) electrons. The summed E-state index contributed by atoms with van der Waals surface area (Å²) in [7, 11) is 0. The topological polar surface area (TPSA) is 21.8 Å². The molecule has 0 N–H and O–H groups in total. The van der Waals surface area contributed by atoms with Crippen molar-refractivity contribution in [1.82, 2.24) is 0 Å². The van der Waals surface area contributed by atoms with E-state index < -0.39 is 35.4 Å². The zero-order valence-corrected chi connectivity index (χ0v) is 21.1. The summed E-state index contributed by atoms with van der Waals surface area (Å²) in [5.41, 5.74) is 1.67. The summed E-state index contributed by atoms with van der Waals surface area (Å²) in [6.45, 7) is 2.48. The van der Waals surface area contributed by atoms with E-state index in [0.717, 1.165) is 25.3 Å². The summed E-state index contributed by atoms with van der Waals surface area (Å²) in [5.74, 6) is -2.91. The maximum absolute atomic E-state index is 14.8. The molecule has 3 aromatic carbocycles. The minimum absolute atomic E-state index is 0.101. The molecule has 1 heterocycles. The first kappa shape index (κ1) is 26.4. The predicted octanol–water partition coefficient (Wildman–Crippen LogP) is 9.40. The lowest BCUT2D eigenvalue weighted by atomic mass is 9.86. The minimum Gasteiger partial charge on any atom is -0.426 e. The van der Waals surface area contributed by atoms with Crippen LogP contribution < -0.4 is 4.74 Å². The molecule has 1 saturated heterocycles. The van der Waals surface area contributed by atoms with Crippen molar-refractivity contribution in [3.63, 3.8) is 0 Å². The van der Waals surface area contributed by atoms with Gasteiger partial charge in [0.25, 0.3) is 0 Å². The van der Waals surface area contributed by atoms with Gasteiger partial charge in [-0.05, 0) is 54.0 Å². The highest BCUT2D eigenvalue weighted by Gasteiger charge is 2.39. The van der Waals surface area contributed by atoms with E-state index in [-0.39, 0.29) is 23.1 Å². The van der Waals surface area contributed by atoms with Gasteiger partial charge in [0.15, 0.2) is 23.2 Å². The van der Waals surface area contributed by atoms with Gasteiger partial charge in [0, 0.05) is 16.7 Å². The predicted molar refractivity (Wildman–Crippen MR) is 136 cm³/mol.